The predicted octanol–water partition coefficient (Wildman–Crippen LogP) is 2.40. The van der Waals surface area contributed by atoms with Gasteiger partial charge in [0.25, 0.3) is 0 Å². The van der Waals surface area contributed by atoms with Gasteiger partial charge >= 0.3 is 0 Å². The second-order valence-corrected chi connectivity index (χ2v) is 4.41. The van der Waals surface area contributed by atoms with Gasteiger partial charge in [-0.25, -0.2) is 4.39 Å². The van der Waals surface area contributed by atoms with E-state index in [1.54, 1.807) is 13.8 Å². The molecule has 82 valence electrons. The van der Waals surface area contributed by atoms with Crippen LogP contribution in [0, 0.1) is 5.82 Å². The predicted molar refractivity (Wildman–Crippen MR) is 54.7 cm³/mol. The maximum absolute atomic E-state index is 13.8. The van der Waals surface area contributed by atoms with Crippen LogP contribution in [0.2, 0.25) is 5.02 Å². The molecule has 1 heterocycles. The number of nitrogens with two attached hydrogens (primary N) is 1. The fraction of sp³-hybridized carbons (Fsp3) is 0.400. The van der Waals surface area contributed by atoms with E-state index in [2.05, 4.69) is 0 Å². The Hall–Kier alpha value is -1.00. The highest BCUT2D eigenvalue weighted by molar-refractivity contribution is 6.31. The summed E-state index contributed by atoms with van der Waals surface area (Å²) in [6, 6.07) is 1.40. The van der Waals surface area contributed by atoms with Crippen LogP contribution in [-0.4, -0.2) is 6.79 Å². The van der Waals surface area contributed by atoms with Gasteiger partial charge in [0.15, 0.2) is 17.3 Å². The van der Waals surface area contributed by atoms with Crippen LogP contribution in [0.1, 0.15) is 19.4 Å². The van der Waals surface area contributed by atoms with Crippen LogP contribution in [-0.2, 0) is 5.54 Å². The fourth-order valence-electron chi connectivity index (χ4n) is 1.56. The summed E-state index contributed by atoms with van der Waals surface area (Å²) in [4.78, 5) is 0. The van der Waals surface area contributed by atoms with E-state index in [9.17, 15) is 4.39 Å². The molecule has 0 atom stereocenters. The first-order chi connectivity index (χ1) is 6.91. The number of hydrogen-bond donors (Lipinski definition) is 1. The molecule has 0 radical (unpaired) electrons. The molecule has 0 saturated heterocycles. The van der Waals surface area contributed by atoms with E-state index in [-0.39, 0.29) is 17.4 Å². The van der Waals surface area contributed by atoms with Crippen molar-refractivity contribution in [3.63, 3.8) is 0 Å². The maximum atomic E-state index is 13.8. The second kappa shape index (κ2) is 3.25. The van der Waals surface area contributed by atoms with Crippen molar-refractivity contribution >= 4 is 11.6 Å². The number of fused-ring (bicyclic) bond motifs is 1. The molecule has 5 heteroatoms. The zero-order valence-electron chi connectivity index (χ0n) is 8.43. The second-order valence-electron chi connectivity index (χ2n) is 4.00. The maximum Gasteiger partial charge on any atom is 0.231 e. The molecular formula is C10H11ClFNO2. The molecule has 15 heavy (non-hydrogen) atoms. The van der Waals surface area contributed by atoms with Crippen LogP contribution >= 0.6 is 11.6 Å². The topological polar surface area (TPSA) is 44.5 Å². The lowest BCUT2D eigenvalue weighted by Crippen LogP contribution is -2.30. The smallest absolute Gasteiger partial charge is 0.231 e. The molecule has 0 aromatic heterocycles. The normalized spacial score (nSPS) is 14.5. The summed E-state index contributed by atoms with van der Waals surface area (Å²) < 4.78 is 24.1. The summed E-state index contributed by atoms with van der Waals surface area (Å²) in [7, 11) is 0. The van der Waals surface area contributed by atoms with Crippen molar-refractivity contribution in [1.82, 2.24) is 0 Å². The van der Waals surface area contributed by atoms with Gasteiger partial charge in [0.05, 0.1) is 10.6 Å². The molecule has 1 aliphatic heterocycles. The Kier molecular flexibility index (Phi) is 2.28. The molecule has 0 saturated carbocycles. The number of benzene rings is 1. The zero-order chi connectivity index (χ0) is 11.2. The SMILES string of the molecule is CC(C)(N)c1c(F)c(Cl)cc2c1OCO2. The first-order valence-electron chi connectivity index (χ1n) is 4.48. The lowest BCUT2D eigenvalue weighted by Gasteiger charge is -2.22. The number of rotatable bonds is 1. The molecule has 0 amide bonds. The Morgan fingerprint density at radius 1 is 1.47 bits per heavy atom. The van der Waals surface area contributed by atoms with Gasteiger partial charge < -0.3 is 15.2 Å². The van der Waals surface area contributed by atoms with Gasteiger partial charge in [0.1, 0.15) is 0 Å². The summed E-state index contributed by atoms with van der Waals surface area (Å²) in [6.07, 6.45) is 0. The Morgan fingerprint density at radius 2 is 2.13 bits per heavy atom. The van der Waals surface area contributed by atoms with E-state index < -0.39 is 11.4 Å². The van der Waals surface area contributed by atoms with Gasteiger partial charge in [-0.05, 0) is 13.8 Å². The monoisotopic (exact) mass is 231 g/mol. The highest BCUT2D eigenvalue weighted by Crippen LogP contribution is 2.44. The molecule has 0 spiro atoms. The van der Waals surface area contributed by atoms with Crippen molar-refractivity contribution in [2.24, 2.45) is 5.73 Å². The minimum atomic E-state index is -0.868. The van der Waals surface area contributed by atoms with Crippen LogP contribution in [0.15, 0.2) is 6.07 Å². The lowest BCUT2D eigenvalue weighted by molar-refractivity contribution is 0.172. The minimum absolute atomic E-state index is 0.00669. The molecule has 0 unspecified atom stereocenters. The number of hydrogen-bond acceptors (Lipinski definition) is 3. The van der Waals surface area contributed by atoms with E-state index in [4.69, 9.17) is 26.8 Å². The van der Waals surface area contributed by atoms with E-state index >= 15 is 0 Å². The third-order valence-electron chi connectivity index (χ3n) is 2.20. The molecule has 2 N–H and O–H groups in total. The Balaban J connectivity index is 2.71. The quantitative estimate of drug-likeness (QED) is 0.807. The van der Waals surface area contributed by atoms with Crippen LogP contribution in [0.5, 0.6) is 11.5 Å². The van der Waals surface area contributed by atoms with Crippen molar-refractivity contribution in [2.45, 2.75) is 19.4 Å². The van der Waals surface area contributed by atoms with Gasteiger partial charge in [-0.1, -0.05) is 11.6 Å². The van der Waals surface area contributed by atoms with Gasteiger partial charge in [0, 0.05) is 11.6 Å². The van der Waals surface area contributed by atoms with Gasteiger partial charge in [-0.15, -0.1) is 0 Å². The fourth-order valence-corrected chi connectivity index (χ4v) is 1.76. The van der Waals surface area contributed by atoms with Crippen LogP contribution in [0.3, 0.4) is 0 Å². The summed E-state index contributed by atoms with van der Waals surface area (Å²) >= 11 is 5.74. The zero-order valence-corrected chi connectivity index (χ0v) is 9.19. The molecule has 0 bridgehead atoms. The van der Waals surface area contributed by atoms with E-state index in [1.807, 2.05) is 0 Å². The van der Waals surface area contributed by atoms with Crippen LogP contribution in [0.4, 0.5) is 4.39 Å². The molecule has 1 aromatic carbocycles. The van der Waals surface area contributed by atoms with Crippen molar-refractivity contribution in [1.29, 1.82) is 0 Å². The van der Waals surface area contributed by atoms with E-state index in [0.717, 1.165) is 0 Å². The average Bonchev–Trinajstić information content (AvgIpc) is 2.50. The molecule has 1 aromatic rings. The lowest BCUT2D eigenvalue weighted by atomic mass is 9.93. The summed E-state index contributed by atoms with van der Waals surface area (Å²) in [5, 5.41) is -0.00669. The first-order valence-corrected chi connectivity index (χ1v) is 4.86. The largest absolute Gasteiger partial charge is 0.454 e. The van der Waals surface area contributed by atoms with Crippen molar-refractivity contribution < 1.29 is 13.9 Å². The number of halogens is 2. The van der Waals surface area contributed by atoms with Crippen molar-refractivity contribution in [3.05, 3.63) is 22.5 Å². The molecule has 3 nitrogen and oxygen atoms in total. The summed E-state index contributed by atoms with van der Waals surface area (Å²) in [5.74, 6) is 0.243. The van der Waals surface area contributed by atoms with Crippen molar-refractivity contribution in [3.8, 4) is 11.5 Å². The first kappa shape index (κ1) is 10.5. The van der Waals surface area contributed by atoms with E-state index in [1.165, 1.54) is 6.07 Å². The standard InChI is InChI=1S/C10H11ClFNO2/c1-10(2,13)7-8(12)5(11)3-6-9(7)15-4-14-6/h3H,4,13H2,1-2H3. The highest BCUT2D eigenvalue weighted by Gasteiger charge is 2.31. The Bertz CT molecular complexity index is 415. The summed E-state index contributed by atoms with van der Waals surface area (Å²) in [5.41, 5.74) is 5.25. The third-order valence-corrected chi connectivity index (χ3v) is 2.47. The van der Waals surface area contributed by atoms with Gasteiger partial charge in [0.2, 0.25) is 6.79 Å². The minimum Gasteiger partial charge on any atom is -0.454 e. The van der Waals surface area contributed by atoms with Crippen molar-refractivity contribution in [2.75, 3.05) is 6.79 Å². The van der Waals surface area contributed by atoms with Crippen LogP contribution < -0.4 is 15.2 Å². The van der Waals surface area contributed by atoms with Gasteiger partial charge in [-0.2, -0.15) is 0 Å². The molecule has 2 rings (SSSR count). The third kappa shape index (κ3) is 1.64. The van der Waals surface area contributed by atoms with E-state index in [0.29, 0.717) is 11.5 Å². The highest BCUT2D eigenvalue weighted by atomic mass is 35.5. The number of ether oxygens (including phenoxy) is 2. The summed E-state index contributed by atoms with van der Waals surface area (Å²) in [6.45, 7) is 3.44. The Morgan fingerprint density at radius 3 is 2.73 bits per heavy atom. The average molecular weight is 232 g/mol. The molecule has 0 fully saturated rings. The molecule has 0 aliphatic carbocycles. The molecular weight excluding hydrogens is 221 g/mol. The van der Waals surface area contributed by atoms with Crippen LogP contribution in [0.25, 0.3) is 0 Å². The molecule has 1 aliphatic rings. The van der Waals surface area contributed by atoms with Gasteiger partial charge in [-0.3, -0.25) is 0 Å². The Labute approximate surface area is 91.9 Å².